The van der Waals surface area contributed by atoms with Gasteiger partial charge in [0.25, 0.3) is 0 Å². The number of hydrogen-bond acceptors (Lipinski definition) is 4. The van der Waals surface area contributed by atoms with Gasteiger partial charge in [0.15, 0.2) is 0 Å². The summed E-state index contributed by atoms with van der Waals surface area (Å²) in [6, 6.07) is 13.1. The molecule has 0 aliphatic carbocycles. The van der Waals surface area contributed by atoms with Gasteiger partial charge in [0.2, 0.25) is 0 Å². The Morgan fingerprint density at radius 2 is 1.44 bits per heavy atom. The predicted octanol–water partition coefficient (Wildman–Crippen LogP) is 6.58. The van der Waals surface area contributed by atoms with Crippen LogP contribution < -0.4 is 10.6 Å². The van der Waals surface area contributed by atoms with Crippen molar-refractivity contribution in [2.24, 2.45) is 7.05 Å². The van der Waals surface area contributed by atoms with Crippen molar-refractivity contribution < 1.29 is 9.50 Å². The predicted molar refractivity (Wildman–Crippen MR) is 157 cm³/mol. The molecule has 0 saturated carbocycles. The monoisotopic (exact) mass is 568 g/mol. The largest absolute Gasteiger partial charge is 0.507 e. The molecule has 3 aromatic carbocycles. The lowest BCUT2D eigenvalue weighted by Gasteiger charge is -2.43. The number of benzene rings is 3. The second-order valence-electron chi connectivity index (χ2n) is 10.9. The van der Waals surface area contributed by atoms with Crippen molar-refractivity contribution in [2.45, 2.75) is 26.3 Å². The number of nitrogens with zero attached hydrogens (tertiary/aromatic N) is 4. The molecule has 1 aliphatic rings. The average molecular weight is 570 g/mol. The maximum Gasteiger partial charge on any atom is 0.332 e. The van der Waals surface area contributed by atoms with Crippen LogP contribution in [-0.2, 0) is 7.05 Å². The highest BCUT2D eigenvalue weighted by Gasteiger charge is 2.27. The minimum atomic E-state index is -0.493. The van der Waals surface area contributed by atoms with E-state index in [9.17, 15) is 14.3 Å². The van der Waals surface area contributed by atoms with Gasteiger partial charge in [0.1, 0.15) is 11.6 Å². The number of aromatic nitrogens is 2. The van der Waals surface area contributed by atoms with Gasteiger partial charge in [-0.1, -0.05) is 35.3 Å². The van der Waals surface area contributed by atoms with Crippen LogP contribution in [0.4, 0.5) is 10.1 Å². The molecule has 1 fully saturated rings. The Balaban J connectivity index is 1.50. The van der Waals surface area contributed by atoms with Crippen molar-refractivity contribution in [1.82, 2.24) is 14.0 Å². The molecule has 0 spiro atoms. The summed E-state index contributed by atoms with van der Waals surface area (Å²) in [5.41, 5.74) is 3.05. The molecule has 2 heterocycles. The number of imidazole rings is 1. The lowest BCUT2D eigenvalue weighted by molar-refractivity contribution is 0.128. The first-order chi connectivity index (χ1) is 18.4. The molecule has 9 heteroatoms. The minimum absolute atomic E-state index is 0.0667. The molecule has 0 atom stereocenters. The fraction of sp³-hybridized carbons (Fsp3) is 0.300. The molecular weight excluding hydrogens is 538 g/mol. The van der Waals surface area contributed by atoms with Gasteiger partial charge in [-0.2, -0.15) is 0 Å². The molecule has 39 heavy (non-hydrogen) atoms. The molecule has 6 nitrogen and oxygen atoms in total. The molecule has 1 aromatic heterocycles. The average Bonchev–Trinajstić information content (AvgIpc) is 3.22. The number of rotatable bonds is 4. The third-order valence-electron chi connectivity index (χ3n) is 7.37. The van der Waals surface area contributed by atoms with Crippen LogP contribution in [0.2, 0.25) is 10.0 Å². The second kappa shape index (κ2) is 10.4. The van der Waals surface area contributed by atoms with E-state index in [4.69, 9.17) is 23.2 Å². The van der Waals surface area contributed by atoms with Crippen LogP contribution in [0.1, 0.15) is 20.8 Å². The summed E-state index contributed by atoms with van der Waals surface area (Å²) in [4.78, 5) is 17.0. The zero-order valence-corrected chi connectivity index (χ0v) is 23.9. The lowest BCUT2D eigenvalue weighted by atomic mass is 9.96. The number of hydrogen-bond donors (Lipinski definition) is 1. The fourth-order valence-corrected chi connectivity index (χ4v) is 5.61. The van der Waals surface area contributed by atoms with Crippen molar-refractivity contribution in [3.63, 3.8) is 0 Å². The molecule has 0 bridgehead atoms. The summed E-state index contributed by atoms with van der Waals surface area (Å²) in [5, 5.41) is 12.2. The minimum Gasteiger partial charge on any atom is -0.507 e. The third-order valence-corrected chi connectivity index (χ3v) is 7.99. The van der Waals surface area contributed by atoms with E-state index in [0.717, 1.165) is 31.9 Å². The third kappa shape index (κ3) is 5.31. The van der Waals surface area contributed by atoms with E-state index in [0.29, 0.717) is 38.0 Å². The normalized spacial score (nSPS) is 14.7. The number of halogens is 3. The Bertz CT molecular complexity index is 1600. The smallest absolute Gasteiger partial charge is 0.332 e. The van der Waals surface area contributed by atoms with Gasteiger partial charge in [0.05, 0.1) is 21.4 Å². The number of phenols is 1. The SMILES string of the molecule is Cn1ccn(-c2ccc(-c3cc(F)cc(-c4ccc(Cl)c(N5CCN(C(C)(C)C)CC5)c4)c3O)cc2Cl)c1=O. The summed E-state index contributed by atoms with van der Waals surface area (Å²) in [7, 11) is 1.65. The Labute approximate surface area is 237 Å². The van der Waals surface area contributed by atoms with E-state index >= 15 is 0 Å². The molecule has 5 rings (SSSR count). The number of aromatic hydroxyl groups is 1. The Morgan fingerprint density at radius 3 is 2.00 bits per heavy atom. The number of anilines is 1. The molecule has 1 aliphatic heterocycles. The summed E-state index contributed by atoms with van der Waals surface area (Å²) >= 11 is 13.1. The van der Waals surface area contributed by atoms with Gasteiger partial charge < -0.3 is 14.6 Å². The van der Waals surface area contributed by atoms with Crippen LogP contribution >= 0.6 is 23.2 Å². The van der Waals surface area contributed by atoms with E-state index < -0.39 is 5.82 Å². The molecule has 4 aromatic rings. The quantitative estimate of drug-likeness (QED) is 0.302. The van der Waals surface area contributed by atoms with Gasteiger partial charge in [-0.15, -0.1) is 0 Å². The van der Waals surface area contributed by atoms with Crippen LogP contribution in [0.3, 0.4) is 0 Å². The first-order valence-corrected chi connectivity index (χ1v) is 13.6. The van der Waals surface area contributed by atoms with Crippen LogP contribution in [-0.4, -0.2) is 50.9 Å². The van der Waals surface area contributed by atoms with Crippen molar-refractivity contribution in [1.29, 1.82) is 0 Å². The molecule has 1 N–H and O–H groups in total. The Kier molecular flexibility index (Phi) is 7.27. The van der Waals surface area contributed by atoms with Crippen LogP contribution in [0.5, 0.6) is 5.75 Å². The van der Waals surface area contributed by atoms with Gasteiger partial charge in [-0.25, -0.2) is 9.18 Å². The van der Waals surface area contributed by atoms with Gasteiger partial charge in [-0.05, 0) is 68.3 Å². The lowest BCUT2D eigenvalue weighted by Crippen LogP contribution is -2.53. The van der Waals surface area contributed by atoms with E-state index in [2.05, 4.69) is 30.6 Å². The molecular formula is C30H31Cl2FN4O2. The van der Waals surface area contributed by atoms with Gasteiger partial charge in [0, 0.05) is 62.3 Å². The zero-order valence-electron chi connectivity index (χ0n) is 22.4. The number of phenolic OH excluding ortho intramolecular Hbond substituents is 1. The van der Waals surface area contributed by atoms with Crippen molar-refractivity contribution in [3.8, 4) is 33.7 Å². The highest BCUT2D eigenvalue weighted by molar-refractivity contribution is 6.33. The van der Waals surface area contributed by atoms with Crippen LogP contribution in [0.25, 0.3) is 27.9 Å². The van der Waals surface area contributed by atoms with E-state index in [1.54, 1.807) is 49.8 Å². The fourth-order valence-electron chi connectivity index (χ4n) is 5.10. The summed E-state index contributed by atoms with van der Waals surface area (Å²) in [5.74, 6) is -0.560. The van der Waals surface area contributed by atoms with Crippen molar-refractivity contribution in [2.75, 3.05) is 31.1 Å². The molecule has 1 saturated heterocycles. The van der Waals surface area contributed by atoms with E-state index in [1.807, 2.05) is 6.07 Å². The number of piperazine rings is 1. The topological polar surface area (TPSA) is 53.6 Å². The van der Waals surface area contributed by atoms with Crippen LogP contribution in [0, 0.1) is 5.82 Å². The maximum absolute atomic E-state index is 14.9. The van der Waals surface area contributed by atoms with Gasteiger partial charge >= 0.3 is 5.69 Å². The van der Waals surface area contributed by atoms with E-state index in [1.165, 1.54) is 21.3 Å². The highest BCUT2D eigenvalue weighted by Crippen LogP contribution is 2.42. The zero-order chi connectivity index (χ0) is 28.1. The van der Waals surface area contributed by atoms with Crippen molar-refractivity contribution >= 4 is 28.9 Å². The second-order valence-corrected chi connectivity index (χ2v) is 11.7. The molecule has 0 amide bonds. The summed E-state index contributed by atoms with van der Waals surface area (Å²) in [6.45, 7) is 10.1. The molecule has 0 unspecified atom stereocenters. The summed E-state index contributed by atoms with van der Waals surface area (Å²) in [6.07, 6.45) is 3.27. The van der Waals surface area contributed by atoms with Gasteiger partial charge in [-0.3, -0.25) is 9.47 Å². The summed E-state index contributed by atoms with van der Waals surface area (Å²) < 4.78 is 17.8. The first kappa shape index (κ1) is 27.3. The molecule has 204 valence electrons. The highest BCUT2D eigenvalue weighted by atomic mass is 35.5. The van der Waals surface area contributed by atoms with Crippen molar-refractivity contribution in [3.05, 3.63) is 87.3 Å². The molecule has 0 radical (unpaired) electrons. The first-order valence-electron chi connectivity index (χ1n) is 12.8. The van der Waals surface area contributed by atoms with E-state index in [-0.39, 0.29) is 17.0 Å². The number of aryl methyl sites for hydroxylation is 1. The van der Waals surface area contributed by atoms with Crippen LogP contribution in [0.15, 0.2) is 65.7 Å². The Morgan fingerprint density at radius 1 is 0.821 bits per heavy atom. The maximum atomic E-state index is 14.9. The Hall–Kier alpha value is -3.26. The standard InChI is InChI=1S/C30H31Cl2FN4O2/c1-30(2,3)36-12-10-35(11-13-36)27-16-20(5-7-24(27)31)23-18-21(33)17-22(28(23)38)19-6-8-26(25(32)15-19)37-14-9-34(4)29(37)39/h5-9,14-18,38H,10-13H2,1-4H3.